The summed E-state index contributed by atoms with van der Waals surface area (Å²) >= 11 is 1.16. The standard InChI is InChI=1S/C26H25N5O4S/c1-18-5-2-3-6-21(18)25(33)31-14-12-30(13-15-31)20-10-8-19(9-11-20)27-23(32)17-36-26-29-28-24(35-26)22-7-4-16-34-22/h2-11,16H,12-15,17H2,1H3,(H,27,32). The van der Waals surface area contributed by atoms with Crippen molar-refractivity contribution >= 4 is 35.0 Å². The third-order valence-electron chi connectivity index (χ3n) is 5.92. The van der Waals surface area contributed by atoms with Crippen molar-refractivity contribution in [3.63, 3.8) is 0 Å². The van der Waals surface area contributed by atoms with Crippen molar-refractivity contribution in [2.75, 3.05) is 42.1 Å². The normalized spacial score (nSPS) is 13.6. The van der Waals surface area contributed by atoms with Crippen molar-refractivity contribution < 1.29 is 18.4 Å². The number of nitrogens with one attached hydrogen (secondary N) is 1. The fourth-order valence-corrected chi connectivity index (χ4v) is 4.56. The molecule has 36 heavy (non-hydrogen) atoms. The lowest BCUT2D eigenvalue weighted by Crippen LogP contribution is -2.48. The van der Waals surface area contributed by atoms with Crippen LogP contribution in [-0.2, 0) is 4.79 Å². The van der Waals surface area contributed by atoms with Gasteiger partial charge in [0.1, 0.15) is 0 Å². The topological polar surface area (TPSA) is 105 Å². The molecule has 5 rings (SSSR count). The average Bonchev–Trinajstić information content (AvgIpc) is 3.60. The Hall–Kier alpha value is -4.05. The van der Waals surface area contributed by atoms with Crippen molar-refractivity contribution in [3.05, 3.63) is 78.1 Å². The smallest absolute Gasteiger partial charge is 0.284 e. The number of furan rings is 1. The number of amides is 2. The summed E-state index contributed by atoms with van der Waals surface area (Å²) in [4.78, 5) is 29.4. The summed E-state index contributed by atoms with van der Waals surface area (Å²) in [7, 11) is 0. The van der Waals surface area contributed by atoms with E-state index in [4.69, 9.17) is 8.83 Å². The number of hydrogen-bond donors (Lipinski definition) is 1. The largest absolute Gasteiger partial charge is 0.459 e. The first-order chi connectivity index (χ1) is 17.6. The summed E-state index contributed by atoms with van der Waals surface area (Å²) in [6.07, 6.45) is 1.53. The second-order valence-corrected chi connectivity index (χ2v) is 9.25. The number of hydrogen-bond acceptors (Lipinski definition) is 8. The molecule has 0 radical (unpaired) electrons. The van der Waals surface area contributed by atoms with E-state index < -0.39 is 0 Å². The molecular weight excluding hydrogens is 478 g/mol. The lowest BCUT2D eigenvalue weighted by atomic mass is 10.1. The highest BCUT2D eigenvalue weighted by Gasteiger charge is 2.23. The van der Waals surface area contributed by atoms with E-state index in [2.05, 4.69) is 20.4 Å². The van der Waals surface area contributed by atoms with Crippen molar-refractivity contribution in [2.24, 2.45) is 0 Å². The molecule has 2 aromatic heterocycles. The lowest BCUT2D eigenvalue weighted by Gasteiger charge is -2.36. The number of carbonyl (C=O) groups excluding carboxylic acids is 2. The molecule has 2 amide bonds. The van der Waals surface area contributed by atoms with E-state index in [0.717, 1.165) is 41.7 Å². The molecule has 1 N–H and O–H groups in total. The number of thioether (sulfide) groups is 1. The SMILES string of the molecule is Cc1ccccc1C(=O)N1CCN(c2ccc(NC(=O)CSc3nnc(-c4ccco4)o3)cc2)CC1. The molecule has 1 saturated heterocycles. The highest BCUT2D eigenvalue weighted by molar-refractivity contribution is 7.99. The molecule has 0 spiro atoms. The lowest BCUT2D eigenvalue weighted by molar-refractivity contribution is -0.113. The van der Waals surface area contributed by atoms with Gasteiger partial charge in [0.25, 0.3) is 17.0 Å². The zero-order valence-corrected chi connectivity index (χ0v) is 20.5. The summed E-state index contributed by atoms with van der Waals surface area (Å²) < 4.78 is 10.7. The monoisotopic (exact) mass is 503 g/mol. The van der Waals surface area contributed by atoms with Crippen LogP contribution in [0, 0.1) is 6.92 Å². The van der Waals surface area contributed by atoms with Crippen LogP contribution in [0.3, 0.4) is 0 Å². The van der Waals surface area contributed by atoms with Gasteiger partial charge in [0.2, 0.25) is 5.91 Å². The van der Waals surface area contributed by atoms with Crippen LogP contribution >= 0.6 is 11.8 Å². The molecule has 4 aromatic rings. The predicted molar refractivity (Wildman–Crippen MR) is 137 cm³/mol. The van der Waals surface area contributed by atoms with Crippen LogP contribution in [-0.4, -0.2) is 58.8 Å². The maximum atomic E-state index is 12.9. The summed E-state index contributed by atoms with van der Waals surface area (Å²) in [5.74, 6) is 0.811. The molecular formula is C26H25N5O4S. The number of piperazine rings is 1. The second-order valence-electron chi connectivity index (χ2n) is 8.33. The fraction of sp³-hybridized carbons (Fsp3) is 0.231. The highest BCUT2D eigenvalue weighted by atomic mass is 32.2. The highest BCUT2D eigenvalue weighted by Crippen LogP contribution is 2.24. The number of nitrogens with zero attached hydrogens (tertiary/aromatic N) is 4. The Balaban J connectivity index is 1.09. The molecule has 0 aliphatic carbocycles. The van der Waals surface area contributed by atoms with E-state index in [1.807, 2.05) is 60.4 Å². The van der Waals surface area contributed by atoms with E-state index in [-0.39, 0.29) is 23.5 Å². The predicted octanol–water partition coefficient (Wildman–Crippen LogP) is 4.33. The van der Waals surface area contributed by atoms with E-state index in [9.17, 15) is 9.59 Å². The number of aryl methyl sites for hydroxylation is 1. The third-order valence-corrected chi connectivity index (χ3v) is 6.74. The zero-order valence-electron chi connectivity index (χ0n) is 19.7. The first kappa shape index (κ1) is 23.7. The van der Waals surface area contributed by atoms with Crippen molar-refractivity contribution in [2.45, 2.75) is 12.1 Å². The van der Waals surface area contributed by atoms with Gasteiger partial charge in [-0.1, -0.05) is 30.0 Å². The number of rotatable bonds is 7. The van der Waals surface area contributed by atoms with Gasteiger partial charge in [-0.05, 0) is 55.0 Å². The van der Waals surface area contributed by atoms with Gasteiger partial charge in [-0.25, -0.2) is 0 Å². The molecule has 10 heteroatoms. The molecule has 0 atom stereocenters. The Kier molecular flexibility index (Phi) is 7.03. The minimum absolute atomic E-state index is 0.0846. The van der Waals surface area contributed by atoms with Crippen LogP contribution in [0.25, 0.3) is 11.7 Å². The van der Waals surface area contributed by atoms with E-state index in [0.29, 0.717) is 29.8 Å². The third kappa shape index (κ3) is 5.44. The van der Waals surface area contributed by atoms with E-state index in [1.165, 1.54) is 6.26 Å². The Morgan fingerprint density at radius 2 is 1.75 bits per heavy atom. The first-order valence-electron chi connectivity index (χ1n) is 11.6. The first-order valence-corrected chi connectivity index (χ1v) is 12.6. The quantitative estimate of drug-likeness (QED) is 0.372. The van der Waals surface area contributed by atoms with Crippen molar-refractivity contribution in [3.8, 4) is 11.7 Å². The Labute approximate surface area is 212 Å². The van der Waals surface area contributed by atoms with Crippen LogP contribution < -0.4 is 10.2 Å². The van der Waals surface area contributed by atoms with Gasteiger partial charge in [0, 0.05) is 43.1 Å². The minimum atomic E-state index is -0.172. The van der Waals surface area contributed by atoms with Gasteiger partial charge in [0.05, 0.1) is 12.0 Å². The molecule has 1 aliphatic heterocycles. The van der Waals surface area contributed by atoms with Crippen LogP contribution in [0.5, 0.6) is 0 Å². The molecule has 0 unspecified atom stereocenters. The van der Waals surface area contributed by atoms with Gasteiger partial charge in [0.15, 0.2) is 5.76 Å². The number of aromatic nitrogens is 2. The van der Waals surface area contributed by atoms with Gasteiger partial charge in [-0.15, -0.1) is 10.2 Å². The van der Waals surface area contributed by atoms with Gasteiger partial charge in [-0.3, -0.25) is 9.59 Å². The number of anilines is 2. The number of carbonyl (C=O) groups is 2. The van der Waals surface area contributed by atoms with Crippen LogP contribution in [0.2, 0.25) is 0 Å². The maximum absolute atomic E-state index is 12.9. The molecule has 184 valence electrons. The van der Waals surface area contributed by atoms with Gasteiger partial charge < -0.3 is 24.0 Å². The average molecular weight is 504 g/mol. The Morgan fingerprint density at radius 1 is 0.972 bits per heavy atom. The van der Waals surface area contributed by atoms with Gasteiger partial charge >= 0.3 is 0 Å². The molecule has 1 fully saturated rings. The number of benzene rings is 2. The molecule has 9 nitrogen and oxygen atoms in total. The Bertz CT molecular complexity index is 1330. The summed E-state index contributed by atoms with van der Waals surface area (Å²) in [5, 5.41) is 11.0. The van der Waals surface area contributed by atoms with Crippen LogP contribution in [0.1, 0.15) is 15.9 Å². The fourth-order valence-electron chi connectivity index (χ4n) is 4.00. The van der Waals surface area contributed by atoms with Crippen LogP contribution in [0.4, 0.5) is 11.4 Å². The molecule has 2 aromatic carbocycles. The molecule has 3 heterocycles. The van der Waals surface area contributed by atoms with E-state index in [1.54, 1.807) is 12.1 Å². The van der Waals surface area contributed by atoms with Crippen molar-refractivity contribution in [1.82, 2.24) is 15.1 Å². The van der Waals surface area contributed by atoms with E-state index >= 15 is 0 Å². The zero-order chi connectivity index (χ0) is 24.9. The summed E-state index contributed by atoms with van der Waals surface area (Å²) in [6.45, 7) is 4.81. The summed E-state index contributed by atoms with van der Waals surface area (Å²) in [6, 6.07) is 18.9. The summed E-state index contributed by atoms with van der Waals surface area (Å²) in [5.41, 5.74) is 3.53. The molecule has 0 bridgehead atoms. The molecule has 0 saturated carbocycles. The molecule has 1 aliphatic rings. The minimum Gasteiger partial charge on any atom is -0.459 e. The second kappa shape index (κ2) is 10.7. The van der Waals surface area contributed by atoms with Gasteiger partial charge in [-0.2, -0.15) is 0 Å². The van der Waals surface area contributed by atoms with Crippen molar-refractivity contribution in [1.29, 1.82) is 0 Å². The Morgan fingerprint density at radius 3 is 2.47 bits per heavy atom. The van der Waals surface area contributed by atoms with Crippen LogP contribution in [0.15, 0.2) is 81.0 Å². The maximum Gasteiger partial charge on any atom is 0.284 e.